The van der Waals surface area contributed by atoms with Crippen molar-refractivity contribution >= 4 is 31.9 Å². The fourth-order valence-corrected chi connectivity index (χ4v) is 5.57. The number of nitrogens with one attached hydrogen (secondary N) is 1. The van der Waals surface area contributed by atoms with Crippen molar-refractivity contribution in [1.29, 1.82) is 0 Å². The summed E-state index contributed by atoms with van der Waals surface area (Å²) in [6.45, 7) is 8.00. The zero-order chi connectivity index (χ0) is 24.9. The van der Waals surface area contributed by atoms with Gasteiger partial charge in [-0.05, 0) is 86.2 Å². The minimum absolute atomic E-state index is 0.162. The molecule has 0 heterocycles. The van der Waals surface area contributed by atoms with Crippen LogP contribution in [0.25, 0.3) is 0 Å². The summed E-state index contributed by atoms with van der Waals surface area (Å²) in [5.41, 5.74) is 5.50. The molecule has 0 bridgehead atoms. The lowest BCUT2D eigenvalue weighted by Gasteiger charge is -2.24. The summed E-state index contributed by atoms with van der Waals surface area (Å²) >= 11 is 3.34. The molecule has 7 heteroatoms. The van der Waals surface area contributed by atoms with E-state index in [2.05, 4.69) is 40.3 Å². The predicted octanol–water partition coefficient (Wildman–Crippen LogP) is 5.49. The third-order valence-electron chi connectivity index (χ3n) is 5.99. The molecule has 0 aliphatic heterocycles. The minimum atomic E-state index is -3.85. The number of halogens is 1. The number of carbonyl (C=O) groups excluding carboxylic acids is 1. The van der Waals surface area contributed by atoms with Gasteiger partial charge in [-0.2, -0.15) is 4.31 Å². The number of amides is 1. The molecule has 1 unspecified atom stereocenters. The van der Waals surface area contributed by atoms with Crippen LogP contribution in [-0.4, -0.2) is 31.7 Å². The van der Waals surface area contributed by atoms with Crippen LogP contribution < -0.4 is 5.32 Å². The van der Waals surface area contributed by atoms with Crippen LogP contribution >= 0.6 is 15.9 Å². The highest BCUT2D eigenvalue weighted by atomic mass is 79.9. The Morgan fingerprint density at radius 1 is 0.941 bits per heavy atom. The van der Waals surface area contributed by atoms with Crippen molar-refractivity contribution in [3.05, 3.63) is 99.0 Å². The molecule has 5 nitrogen and oxygen atoms in total. The van der Waals surface area contributed by atoms with Gasteiger partial charge in [-0.3, -0.25) is 4.79 Å². The van der Waals surface area contributed by atoms with Crippen LogP contribution in [-0.2, 0) is 21.2 Å². The Bertz CT molecular complexity index is 1240. The number of aryl methyl sites for hydroxylation is 3. The topological polar surface area (TPSA) is 66.5 Å². The maximum atomic E-state index is 13.4. The van der Waals surface area contributed by atoms with Gasteiger partial charge in [0.25, 0.3) is 0 Å². The van der Waals surface area contributed by atoms with Gasteiger partial charge < -0.3 is 5.32 Å². The van der Waals surface area contributed by atoms with Crippen LogP contribution in [0, 0.1) is 20.8 Å². The van der Waals surface area contributed by atoms with E-state index in [1.807, 2.05) is 51.1 Å². The van der Waals surface area contributed by atoms with Gasteiger partial charge in [0, 0.05) is 11.0 Å². The average molecular weight is 544 g/mol. The molecule has 0 saturated heterocycles. The highest BCUT2D eigenvalue weighted by Crippen LogP contribution is 2.23. The maximum absolute atomic E-state index is 13.4. The molecule has 1 N–H and O–H groups in total. The summed E-state index contributed by atoms with van der Waals surface area (Å²) in [7, 11) is -3.85. The first-order valence-electron chi connectivity index (χ1n) is 11.2. The summed E-state index contributed by atoms with van der Waals surface area (Å²) in [5.74, 6) is -0.334. The highest BCUT2D eigenvalue weighted by molar-refractivity contribution is 9.10. The Morgan fingerprint density at radius 2 is 1.56 bits per heavy atom. The molecule has 34 heavy (non-hydrogen) atoms. The van der Waals surface area contributed by atoms with Crippen molar-refractivity contribution in [2.45, 2.75) is 45.1 Å². The molecule has 1 amide bonds. The Morgan fingerprint density at radius 3 is 2.21 bits per heavy atom. The molecule has 0 fully saturated rings. The second-order valence-corrected chi connectivity index (χ2v) is 11.5. The van der Waals surface area contributed by atoms with Crippen molar-refractivity contribution < 1.29 is 13.2 Å². The highest BCUT2D eigenvalue weighted by Gasteiger charge is 2.27. The third kappa shape index (κ3) is 6.56. The van der Waals surface area contributed by atoms with E-state index < -0.39 is 10.0 Å². The van der Waals surface area contributed by atoms with E-state index in [0.717, 1.165) is 26.7 Å². The molecule has 0 spiro atoms. The van der Waals surface area contributed by atoms with Crippen molar-refractivity contribution in [2.75, 3.05) is 13.1 Å². The van der Waals surface area contributed by atoms with E-state index in [9.17, 15) is 13.2 Å². The SMILES string of the molecule is Cc1cc(C)c(C(C)NC(=O)CN(CCc2ccccc2)S(=O)(=O)c2ccc(Br)cc2)cc1C. The summed E-state index contributed by atoms with van der Waals surface area (Å²) in [4.78, 5) is 13.2. The zero-order valence-corrected chi connectivity index (χ0v) is 22.4. The van der Waals surface area contributed by atoms with Crippen molar-refractivity contribution in [2.24, 2.45) is 0 Å². The standard InChI is InChI=1S/C27H31BrN2O3S/c1-19-16-21(3)26(17-20(19)2)22(4)29-27(31)18-30(15-14-23-8-6-5-7-9-23)34(32,33)25-12-10-24(28)11-13-25/h5-13,16-17,22H,14-15,18H2,1-4H3,(H,29,31). The first-order valence-corrected chi connectivity index (χ1v) is 13.5. The van der Waals surface area contributed by atoms with Gasteiger partial charge in [0.05, 0.1) is 17.5 Å². The van der Waals surface area contributed by atoms with Gasteiger partial charge >= 0.3 is 0 Å². The number of benzene rings is 3. The largest absolute Gasteiger partial charge is 0.348 e. The molecule has 0 saturated carbocycles. The molecule has 0 aromatic heterocycles. The van der Waals surface area contributed by atoms with Crippen molar-refractivity contribution in [3.8, 4) is 0 Å². The number of sulfonamides is 1. The van der Waals surface area contributed by atoms with Crippen LogP contribution in [0.5, 0.6) is 0 Å². The monoisotopic (exact) mass is 542 g/mol. The summed E-state index contributed by atoms with van der Waals surface area (Å²) in [6.07, 6.45) is 0.510. The second kappa shape index (κ2) is 11.3. The molecule has 0 aliphatic carbocycles. The average Bonchev–Trinajstić information content (AvgIpc) is 2.79. The van der Waals surface area contributed by atoms with E-state index in [-0.39, 0.29) is 29.9 Å². The first-order chi connectivity index (χ1) is 16.1. The van der Waals surface area contributed by atoms with Gasteiger partial charge in [-0.25, -0.2) is 8.42 Å². The second-order valence-electron chi connectivity index (χ2n) is 8.61. The molecule has 180 valence electrons. The van der Waals surface area contributed by atoms with Crippen LogP contribution in [0.2, 0.25) is 0 Å². The van der Waals surface area contributed by atoms with E-state index >= 15 is 0 Å². The first kappa shape index (κ1) is 26.1. The maximum Gasteiger partial charge on any atom is 0.243 e. The van der Waals surface area contributed by atoms with Crippen LogP contribution in [0.4, 0.5) is 0 Å². The Kier molecular flexibility index (Phi) is 8.68. The molecule has 3 aromatic carbocycles. The van der Waals surface area contributed by atoms with Crippen molar-refractivity contribution in [3.63, 3.8) is 0 Å². The zero-order valence-electron chi connectivity index (χ0n) is 20.0. The number of rotatable bonds is 9. The van der Waals surface area contributed by atoms with Gasteiger partial charge in [0.2, 0.25) is 15.9 Å². The quantitative estimate of drug-likeness (QED) is 0.389. The Hall–Kier alpha value is -2.48. The van der Waals surface area contributed by atoms with E-state index in [0.29, 0.717) is 6.42 Å². The van der Waals surface area contributed by atoms with Crippen LogP contribution in [0.15, 0.2) is 76.1 Å². The predicted molar refractivity (Wildman–Crippen MR) is 140 cm³/mol. The van der Waals surface area contributed by atoms with Gasteiger partial charge in [0.1, 0.15) is 0 Å². The molecule has 1 atom stereocenters. The normalized spacial score (nSPS) is 12.5. The smallest absolute Gasteiger partial charge is 0.243 e. The molecular weight excluding hydrogens is 512 g/mol. The lowest BCUT2D eigenvalue weighted by atomic mass is 9.96. The molecular formula is C27H31BrN2O3S. The van der Waals surface area contributed by atoms with Gasteiger partial charge in [-0.1, -0.05) is 58.4 Å². The van der Waals surface area contributed by atoms with E-state index in [1.54, 1.807) is 24.3 Å². The fraction of sp³-hybridized carbons (Fsp3) is 0.296. The van der Waals surface area contributed by atoms with Crippen LogP contribution in [0.1, 0.15) is 40.8 Å². The summed E-state index contributed by atoms with van der Waals surface area (Å²) in [5, 5.41) is 2.99. The lowest BCUT2D eigenvalue weighted by molar-refractivity contribution is -0.121. The summed E-state index contributed by atoms with van der Waals surface area (Å²) in [6, 6.07) is 20.1. The molecule has 3 rings (SSSR count). The summed E-state index contributed by atoms with van der Waals surface area (Å²) < 4.78 is 28.9. The number of hydrogen-bond donors (Lipinski definition) is 1. The number of hydrogen-bond acceptors (Lipinski definition) is 3. The molecule has 3 aromatic rings. The Balaban J connectivity index is 1.80. The number of carbonyl (C=O) groups is 1. The Labute approximate surface area is 211 Å². The van der Waals surface area contributed by atoms with Crippen molar-refractivity contribution in [1.82, 2.24) is 9.62 Å². The number of nitrogens with zero attached hydrogens (tertiary/aromatic N) is 1. The molecule has 0 radical (unpaired) electrons. The van der Waals surface area contributed by atoms with E-state index in [1.165, 1.54) is 9.87 Å². The van der Waals surface area contributed by atoms with E-state index in [4.69, 9.17) is 0 Å². The van der Waals surface area contributed by atoms with Gasteiger partial charge in [-0.15, -0.1) is 0 Å². The fourth-order valence-electron chi connectivity index (χ4n) is 3.91. The third-order valence-corrected chi connectivity index (χ3v) is 8.38. The lowest BCUT2D eigenvalue weighted by Crippen LogP contribution is -2.42. The molecule has 0 aliphatic rings. The van der Waals surface area contributed by atoms with Crippen LogP contribution in [0.3, 0.4) is 0 Å². The van der Waals surface area contributed by atoms with Gasteiger partial charge in [0.15, 0.2) is 0 Å². The minimum Gasteiger partial charge on any atom is -0.348 e.